The van der Waals surface area contributed by atoms with Crippen LogP contribution < -0.4 is 15.0 Å². The molecule has 0 saturated carbocycles. The summed E-state index contributed by atoms with van der Waals surface area (Å²) in [6.07, 6.45) is 4.06. The SMILES string of the molecule is COc1cccc(N2CC[C@H](CNC(=O)[C@H](C)n3cncn3)C2)c1. The van der Waals surface area contributed by atoms with Gasteiger partial charge in [-0.25, -0.2) is 9.67 Å². The Hall–Kier alpha value is -2.57. The Morgan fingerprint density at radius 2 is 2.38 bits per heavy atom. The smallest absolute Gasteiger partial charge is 0.244 e. The van der Waals surface area contributed by atoms with E-state index in [4.69, 9.17) is 4.74 Å². The van der Waals surface area contributed by atoms with Crippen molar-refractivity contribution in [3.8, 4) is 5.75 Å². The molecule has 7 nitrogen and oxygen atoms in total. The maximum Gasteiger partial charge on any atom is 0.244 e. The van der Waals surface area contributed by atoms with E-state index in [0.717, 1.165) is 25.3 Å². The number of hydrogen-bond donors (Lipinski definition) is 1. The first-order valence-electron chi connectivity index (χ1n) is 8.18. The summed E-state index contributed by atoms with van der Waals surface area (Å²) in [5.74, 6) is 1.29. The van der Waals surface area contributed by atoms with Crippen molar-refractivity contribution < 1.29 is 9.53 Å². The van der Waals surface area contributed by atoms with E-state index in [1.54, 1.807) is 18.1 Å². The number of carbonyl (C=O) groups is 1. The lowest BCUT2D eigenvalue weighted by Gasteiger charge is -2.20. The fourth-order valence-corrected chi connectivity index (χ4v) is 2.97. The van der Waals surface area contributed by atoms with E-state index in [1.807, 2.05) is 25.1 Å². The summed E-state index contributed by atoms with van der Waals surface area (Å²) in [4.78, 5) is 18.4. The number of benzene rings is 1. The molecule has 0 radical (unpaired) electrons. The Kier molecular flexibility index (Phi) is 4.98. The molecule has 7 heteroatoms. The first-order chi connectivity index (χ1) is 11.7. The Morgan fingerprint density at radius 1 is 1.50 bits per heavy atom. The van der Waals surface area contributed by atoms with Crippen LogP contribution in [-0.2, 0) is 4.79 Å². The number of rotatable bonds is 6. The topological polar surface area (TPSA) is 72.3 Å². The highest BCUT2D eigenvalue weighted by atomic mass is 16.5. The lowest BCUT2D eigenvalue weighted by molar-refractivity contribution is -0.124. The van der Waals surface area contributed by atoms with Crippen molar-refractivity contribution in [2.45, 2.75) is 19.4 Å². The number of aromatic nitrogens is 3. The molecule has 1 aliphatic heterocycles. The van der Waals surface area contributed by atoms with Crippen molar-refractivity contribution >= 4 is 11.6 Å². The zero-order chi connectivity index (χ0) is 16.9. The number of hydrogen-bond acceptors (Lipinski definition) is 5. The second kappa shape index (κ2) is 7.33. The molecule has 0 aliphatic carbocycles. The highest BCUT2D eigenvalue weighted by Gasteiger charge is 2.24. The monoisotopic (exact) mass is 329 g/mol. The van der Waals surface area contributed by atoms with Crippen LogP contribution in [0.3, 0.4) is 0 Å². The minimum Gasteiger partial charge on any atom is -0.497 e. The fraction of sp³-hybridized carbons (Fsp3) is 0.471. The van der Waals surface area contributed by atoms with Gasteiger partial charge in [-0.2, -0.15) is 5.10 Å². The van der Waals surface area contributed by atoms with Gasteiger partial charge in [-0.3, -0.25) is 4.79 Å². The maximum absolute atomic E-state index is 12.2. The first kappa shape index (κ1) is 16.3. The van der Waals surface area contributed by atoms with Crippen LogP contribution >= 0.6 is 0 Å². The lowest BCUT2D eigenvalue weighted by Crippen LogP contribution is -2.35. The number of ether oxygens (including phenoxy) is 1. The summed E-state index contributed by atoms with van der Waals surface area (Å²) < 4.78 is 6.85. The van der Waals surface area contributed by atoms with Gasteiger partial charge in [-0.05, 0) is 31.4 Å². The molecule has 128 valence electrons. The molecule has 1 aromatic heterocycles. The van der Waals surface area contributed by atoms with Gasteiger partial charge >= 0.3 is 0 Å². The second-order valence-electron chi connectivity index (χ2n) is 6.10. The number of amides is 1. The molecule has 3 rings (SSSR count). The summed E-state index contributed by atoms with van der Waals surface area (Å²) in [7, 11) is 1.68. The average molecular weight is 329 g/mol. The third-order valence-corrected chi connectivity index (χ3v) is 4.48. The van der Waals surface area contributed by atoms with Gasteiger partial charge < -0.3 is 15.0 Å². The summed E-state index contributed by atoms with van der Waals surface area (Å²) >= 11 is 0. The van der Waals surface area contributed by atoms with E-state index in [-0.39, 0.29) is 11.9 Å². The Bertz CT molecular complexity index is 673. The zero-order valence-corrected chi connectivity index (χ0v) is 14.1. The molecule has 2 aromatic rings. The van der Waals surface area contributed by atoms with Crippen molar-refractivity contribution in [1.29, 1.82) is 0 Å². The number of methoxy groups -OCH3 is 1. The predicted molar refractivity (Wildman–Crippen MR) is 91.1 cm³/mol. The van der Waals surface area contributed by atoms with Crippen molar-refractivity contribution in [3.63, 3.8) is 0 Å². The van der Waals surface area contributed by atoms with Gasteiger partial charge in [-0.15, -0.1) is 0 Å². The third-order valence-electron chi connectivity index (χ3n) is 4.48. The molecule has 1 fully saturated rings. The first-order valence-corrected chi connectivity index (χ1v) is 8.18. The molecule has 0 bridgehead atoms. The van der Waals surface area contributed by atoms with Crippen molar-refractivity contribution in [2.24, 2.45) is 5.92 Å². The maximum atomic E-state index is 12.2. The molecule has 24 heavy (non-hydrogen) atoms. The molecule has 1 aromatic carbocycles. The van der Waals surface area contributed by atoms with Gasteiger partial charge in [0.1, 0.15) is 24.4 Å². The number of nitrogens with zero attached hydrogens (tertiary/aromatic N) is 4. The third kappa shape index (κ3) is 3.67. The quantitative estimate of drug-likeness (QED) is 0.869. The molecule has 1 saturated heterocycles. The van der Waals surface area contributed by atoms with Crippen molar-refractivity contribution in [2.75, 3.05) is 31.6 Å². The van der Waals surface area contributed by atoms with Crippen molar-refractivity contribution in [1.82, 2.24) is 20.1 Å². The van der Waals surface area contributed by atoms with E-state index in [9.17, 15) is 4.79 Å². The Morgan fingerprint density at radius 3 is 3.12 bits per heavy atom. The van der Waals surface area contributed by atoms with Gasteiger partial charge in [0.15, 0.2) is 0 Å². The van der Waals surface area contributed by atoms with Gasteiger partial charge in [0.25, 0.3) is 0 Å². The highest BCUT2D eigenvalue weighted by molar-refractivity contribution is 5.79. The van der Waals surface area contributed by atoms with Gasteiger partial charge in [0.05, 0.1) is 7.11 Å². The minimum atomic E-state index is -0.344. The van der Waals surface area contributed by atoms with E-state index in [0.29, 0.717) is 12.5 Å². The van der Waals surface area contributed by atoms with Gasteiger partial charge in [0, 0.05) is 31.4 Å². The largest absolute Gasteiger partial charge is 0.497 e. The van der Waals surface area contributed by atoms with E-state index >= 15 is 0 Å². The molecule has 1 N–H and O–H groups in total. The van der Waals surface area contributed by atoms with Crippen LogP contribution in [0.15, 0.2) is 36.9 Å². The van der Waals surface area contributed by atoms with E-state index < -0.39 is 0 Å². The lowest BCUT2D eigenvalue weighted by atomic mass is 10.1. The Labute approximate surface area is 141 Å². The zero-order valence-electron chi connectivity index (χ0n) is 14.1. The normalized spacial score (nSPS) is 18.4. The standard InChI is InChI=1S/C17H23N5O2/c1-13(22-12-18-11-20-22)17(23)19-9-14-6-7-21(10-14)15-4-3-5-16(8-15)24-2/h3-5,8,11-14H,6-7,9-10H2,1-2H3,(H,19,23)/t13-,14+/m0/s1. The van der Waals surface area contributed by atoms with Gasteiger partial charge in [-0.1, -0.05) is 6.07 Å². The molecule has 1 aliphatic rings. The Balaban J connectivity index is 1.50. The predicted octanol–water partition coefficient (Wildman–Crippen LogP) is 1.49. The van der Waals surface area contributed by atoms with Crippen LogP contribution in [0, 0.1) is 5.92 Å². The minimum absolute atomic E-state index is 0.0275. The summed E-state index contributed by atoms with van der Waals surface area (Å²) in [6, 6.07) is 7.75. The van der Waals surface area contributed by atoms with Gasteiger partial charge in [0.2, 0.25) is 5.91 Å². The molecule has 0 unspecified atom stereocenters. The molecule has 1 amide bonds. The summed E-state index contributed by atoms with van der Waals surface area (Å²) in [5.41, 5.74) is 1.17. The van der Waals surface area contributed by atoms with Crippen molar-refractivity contribution in [3.05, 3.63) is 36.9 Å². The highest BCUT2D eigenvalue weighted by Crippen LogP contribution is 2.26. The van der Waals surface area contributed by atoms with Crippen LogP contribution in [0.4, 0.5) is 5.69 Å². The van der Waals surface area contributed by atoms with Crippen LogP contribution in [0.5, 0.6) is 5.75 Å². The number of carbonyl (C=O) groups excluding carboxylic acids is 1. The fourth-order valence-electron chi connectivity index (χ4n) is 2.97. The summed E-state index contributed by atoms with van der Waals surface area (Å²) in [5, 5.41) is 7.04. The van der Waals surface area contributed by atoms with E-state index in [2.05, 4.69) is 26.4 Å². The second-order valence-corrected chi connectivity index (χ2v) is 6.10. The molecular weight excluding hydrogens is 306 g/mol. The van der Waals surface area contributed by atoms with Crippen LogP contribution in [0.2, 0.25) is 0 Å². The molecule has 0 spiro atoms. The van der Waals surface area contributed by atoms with Crippen LogP contribution in [-0.4, -0.2) is 47.4 Å². The molecule has 2 atom stereocenters. The number of nitrogens with one attached hydrogen (secondary N) is 1. The average Bonchev–Trinajstić information content (AvgIpc) is 3.30. The molecular formula is C17H23N5O2. The van der Waals surface area contributed by atoms with Crippen LogP contribution in [0.1, 0.15) is 19.4 Å². The number of anilines is 1. The van der Waals surface area contributed by atoms with E-state index in [1.165, 1.54) is 12.0 Å². The molecule has 2 heterocycles. The summed E-state index contributed by atoms with van der Waals surface area (Å²) in [6.45, 7) is 4.43. The van der Waals surface area contributed by atoms with Crippen LogP contribution in [0.25, 0.3) is 0 Å².